The van der Waals surface area contributed by atoms with E-state index in [-0.39, 0.29) is 6.10 Å². The predicted octanol–water partition coefficient (Wildman–Crippen LogP) is 7.41. The molecule has 1 nitrogen and oxygen atoms in total. The molecule has 0 aromatic rings. The lowest BCUT2D eigenvalue weighted by molar-refractivity contribution is -0.0414. The summed E-state index contributed by atoms with van der Waals surface area (Å²) in [5.41, 5.74) is 2.79. The highest BCUT2D eigenvalue weighted by atomic mass is 16.3. The predicted molar refractivity (Wildman–Crippen MR) is 124 cm³/mol. The van der Waals surface area contributed by atoms with Crippen molar-refractivity contribution in [2.75, 3.05) is 0 Å². The van der Waals surface area contributed by atoms with Crippen LogP contribution in [0.2, 0.25) is 0 Å². The Bertz CT molecular complexity index is 659. The van der Waals surface area contributed by atoms with Gasteiger partial charge >= 0.3 is 0 Å². The van der Waals surface area contributed by atoms with Crippen molar-refractivity contribution < 1.29 is 5.11 Å². The summed E-state index contributed by atoms with van der Waals surface area (Å²) >= 11 is 0. The first-order valence-electron chi connectivity index (χ1n) is 12.7. The number of aliphatic hydroxyl groups excluding tert-OH is 1. The van der Waals surface area contributed by atoms with E-state index in [1.54, 1.807) is 0 Å². The van der Waals surface area contributed by atoms with Gasteiger partial charge in [0.15, 0.2) is 0 Å². The van der Waals surface area contributed by atoms with Crippen molar-refractivity contribution in [2.24, 2.45) is 52.3 Å². The molecule has 0 aliphatic heterocycles. The zero-order chi connectivity index (χ0) is 21.0. The molecule has 29 heavy (non-hydrogen) atoms. The molecule has 0 aromatic carbocycles. The first-order valence-corrected chi connectivity index (χ1v) is 12.7. The molecule has 1 N–H and O–H groups in total. The molecule has 0 bridgehead atoms. The number of fused-ring (bicyclic) bond motifs is 5. The third-order valence-corrected chi connectivity index (χ3v) is 10.5. The smallest absolute Gasteiger partial charge is 0.0543 e. The topological polar surface area (TPSA) is 20.2 Å². The van der Waals surface area contributed by atoms with Crippen molar-refractivity contribution in [1.29, 1.82) is 0 Å². The second kappa shape index (κ2) is 7.85. The van der Waals surface area contributed by atoms with Crippen molar-refractivity contribution in [3.8, 4) is 0 Å². The summed E-state index contributed by atoms with van der Waals surface area (Å²) in [4.78, 5) is 0. The quantitative estimate of drug-likeness (QED) is 0.489. The molecule has 4 rings (SSSR count). The van der Waals surface area contributed by atoms with Crippen LogP contribution < -0.4 is 0 Å². The van der Waals surface area contributed by atoms with Crippen LogP contribution in [0.5, 0.6) is 0 Å². The Morgan fingerprint density at radius 1 is 0.931 bits per heavy atom. The van der Waals surface area contributed by atoms with Gasteiger partial charge in [0.2, 0.25) is 0 Å². The zero-order valence-corrected chi connectivity index (χ0v) is 20.0. The van der Waals surface area contributed by atoms with E-state index in [0.29, 0.717) is 28.6 Å². The van der Waals surface area contributed by atoms with E-state index in [9.17, 15) is 5.11 Å². The Balaban J connectivity index is 1.54. The molecule has 3 unspecified atom stereocenters. The van der Waals surface area contributed by atoms with Gasteiger partial charge < -0.3 is 5.11 Å². The van der Waals surface area contributed by atoms with Crippen LogP contribution in [0.3, 0.4) is 0 Å². The lowest BCUT2D eigenvalue weighted by atomic mass is 9.47. The molecule has 0 spiro atoms. The fraction of sp³-hybridized carbons (Fsp3) is 0.857. The normalized spacial score (nSPS) is 46.8. The molecule has 0 aromatic heterocycles. The van der Waals surface area contributed by atoms with Crippen molar-refractivity contribution >= 4 is 0 Å². The van der Waals surface area contributed by atoms with Gasteiger partial charge in [0.25, 0.3) is 0 Å². The van der Waals surface area contributed by atoms with Crippen LogP contribution >= 0.6 is 0 Å². The maximum Gasteiger partial charge on any atom is 0.0543 e. The average Bonchev–Trinajstić information content (AvgIpc) is 3.03. The number of allylic oxidation sites excluding steroid dienone is 4. The van der Waals surface area contributed by atoms with Gasteiger partial charge in [-0.1, -0.05) is 65.3 Å². The maximum absolute atomic E-state index is 10.2. The molecule has 3 fully saturated rings. The van der Waals surface area contributed by atoms with Gasteiger partial charge in [-0.05, 0) is 104 Å². The standard InChI is InChI=1S/C28H46O/c1-18(2)19(3)7-8-20(4)24-11-12-25-23-10-9-21-17-22(29)13-15-27(21,5)26(23)14-16-28(24,25)6/h7-8,10,18-22,24-26,29H,9,11-17H2,1-6H3/t19?,20?,21?,22-,24+,25-,26-,27-,28+/m0/s1. The highest BCUT2D eigenvalue weighted by Crippen LogP contribution is 2.66. The Morgan fingerprint density at radius 2 is 1.62 bits per heavy atom. The van der Waals surface area contributed by atoms with Gasteiger partial charge in [-0.3, -0.25) is 0 Å². The van der Waals surface area contributed by atoms with Gasteiger partial charge in [-0.25, -0.2) is 0 Å². The Labute approximate surface area is 180 Å². The van der Waals surface area contributed by atoms with Gasteiger partial charge in [0.05, 0.1) is 6.10 Å². The minimum atomic E-state index is -0.0476. The second-order valence-corrected chi connectivity index (χ2v) is 12.3. The molecular weight excluding hydrogens is 352 g/mol. The van der Waals surface area contributed by atoms with Crippen molar-refractivity contribution in [2.45, 2.75) is 99.0 Å². The highest BCUT2D eigenvalue weighted by molar-refractivity contribution is 5.28. The summed E-state index contributed by atoms with van der Waals surface area (Å²) in [5.74, 6) is 5.25. The van der Waals surface area contributed by atoms with E-state index in [0.717, 1.165) is 36.5 Å². The lowest BCUT2D eigenvalue weighted by Crippen LogP contribution is -2.49. The first kappa shape index (κ1) is 21.7. The number of hydrogen-bond acceptors (Lipinski definition) is 1. The fourth-order valence-corrected chi connectivity index (χ4v) is 8.10. The van der Waals surface area contributed by atoms with E-state index in [2.05, 4.69) is 59.8 Å². The minimum Gasteiger partial charge on any atom is -0.393 e. The monoisotopic (exact) mass is 398 g/mol. The van der Waals surface area contributed by atoms with Crippen LogP contribution in [0.4, 0.5) is 0 Å². The molecule has 164 valence electrons. The van der Waals surface area contributed by atoms with Crippen molar-refractivity contribution in [1.82, 2.24) is 0 Å². The average molecular weight is 399 g/mol. The summed E-state index contributed by atoms with van der Waals surface area (Å²) < 4.78 is 0. The Morgan fingerprint density at radius 3 is 2.34 bits per heavy atom. The molecule has 1 heteroatoms. The van der Waals surface area contributed by atoms with E-state index in [1.807, 2.05) is 5.57 Å². The van der Waals surface area contributed by atoms with Crippen molar-refractivity contribution in [3.05, 3.63) is 23.8 Å². The van der Waals surface area contributed by atoms with Gasteiger partial charge in [-0.15, -0.1) is 0 Å². The third kappa shape index (κ3) is 3.58. The van der Waals surface area contributed by atoms with E-state index in [4.69, 9.17) is 0 Å². The lowest BCUT2D eigenvalue weighted by Gasteiger charge is -2.57. The van der Waals surface area contributed by atoms with Gasteiger partial charge in [0, 0.05) is 0 Å². The molecule has 4 aliphatic rings. The molecule has 9 atom stereocenters. The van der Waals surface area contributed by atoms with Crippen LogP contribution in [0.1, 0.15) is 92.9 Å². The first-order chi connectivity index (χ1) is 13.7. The van der Waals surface area contributed by atoms with E-state index < -0.39 is 0 Å². The molecule has 0 saturated heterocycles. The van der Waals surface area contributed by atoms with Crippen LogP contribution in [0.25, 0.3) is 0 Å². The van der Waals surface area contributed by atoms with E-state index >= 15 is 0 Å². The number of hydrogen-bond donors (Lipinski definition) is 1. The summed E-state index contributed by atoms with van der Waals surface area (Å²) in [5, 5.41) is 10.2. The molecule has 3 saturated carbocycles. The molecule has 4 aliphatic carbocycles. The van der Waals surface area contributed by atoms with Crippen LogP contribution in [-0.2, 0) is 0 Å². The molecular formula is C28H46O. The van der Waals surface area contributed by atoms with Crippen molar-refractivity contribution in [3.63, 3.8) is 0 Å². The summed E-state index contributed by atoms with van der Waals surface area (Å²) in [6, 6.07) is 0. The maximum atomic E-state index is 10.2. The van der Waals surface area contributed by atoms with E-state index in [1.165, 1.54) is 38.5 Å². The van der Waals surface area contributed by atoms with Crippen LogP contribution in [-0.4, -0.2) is 11.2 Å². The fourth-order valence-electron chi connectivity index (χ4n) is 8.10. The molecule has 0 heterocycles. The largest absolute Gasteiger partial charge is 0.393 e. The Hall–Kier alpha value is -0.560. The second-order valence-electron chi connectivity index (χ2n) is 12.3. The molecule has 0 amide bonds. The summed E-state index contributed by atoms with van der Waals surface area (Å²) in [6.07, 6.45) is 17.8. The third-order valence-electron chi connectivity index (χ3n) is 10.5. The van der Waals surface area contributed by atoms with Crippen LogP contribution in [0.15, 0.2) is 23.8 Å². The zero-order valence-electron chi connectivity index (χ0n) is 20.0. The minimum absolute atomic E-state index is 0.0476. The SMILES string of the molecule is CC(C)C(C)C=CC(C)[C@H]1CC[C@H]2C3=CCC4C[C@@H](O)CC[C@]4(C)[C@H]3CC[C@]12C. The molecule has 0 radical (unpaired) electrons. The van der Waals surface area contributed by atoms with Gasteiger partial charge in [-0.2, -0.15) is 0 Å². The number of rotatable bonds is 4. The Kier molecular flexibility index (Phi) is 5.86. The summed E-state index contributed by atoms with van der Waals surface area (Å²) in [6.45, 7) is 14.7. The van der Waals surface area contributed by atoms with Gasteiger partial charge in [0.1, 0.15) is 0 Å². The highest BCUT2D eigenvalue weighted by Gasteiger charge is 2.57. The summed E-state index contributed by atoms with van der Waals surface area (Å²) in [7, 11) is 0. The number of aliphatic hydroxyl groups is 1. The van der Waals surface area contributed by atoms with Crippen LogP contribution in [0, 0.1) is 52.3 Å².